The highest BCUT2D eigenvalue weighted by molar-refractivity contribution is 7.89. The molecular weight excluding hydrogens is 299 g/mol. The predicted octanol–water partition coefficient (Wildman–Crippen LogP) is 2.42. The first-order valence-corrected chi connectivity index (χ1v) is 8.36. The lowest BCUT2D eigenvalue weighted by atomic mass is 10.4. The summed E-state index contributed by atoms with van der Waals surface area (Å²) in [7, 11) is -3.59. The van der Waals surface area contributed by atoms with Crippen LogP contribution in [0.4, 0.5) is 4.39 Å². The van der Waals surface area contributed by atoms with Crippen LogP contribution in [-0.4, -0.2) is 19.9 Å². The lowest BCUT2D eigenvalue weighted by Gasteiger charge is -2.05. The fourth-order valence-electron chi connectivity index (χ4n) is 1.64. The van der Waals surface area contributed by atoms with E-state index < -0.39 is 15.8 Å². The van der Waals surface area contributed by atoms with Crippen LogP contribution in [-0.2, 0) is 16.4 Å². The minimum Gasteiger partial charge on any atom is -0.246 e. The Kier molecular flexibility index (Phi) is 4.52. The van der Waals surface area contributed by atoms with Gasteiger partial charge in [-0.05, 0) is 38.1 Å². The number of benzene rings is 1. The summed E-state index contributed by atoms with van der Waals surface area (Å²) in [5, 5.41) is 0.904. The van der Waals surface area contributed by atoms with Crippen LogP contribution in [0.2, 0.25) is 0 Å². The number of hydrogen-bond donors (Lipinski definition) is 1. The smallest absolute Gasteiger partial charge is 0.240 e. The Bertz CT molecular complexity index is 674. The van der Waals surface area contributed by atoms with E-state index in [1.807, 2.05) is 13.8 Å². The second-order valence-electron chi connectivity index (χ2n) is 4.35. The number of thiazole rings is 1. The summed E-state index contributed by atoms with van der Waals surface area (Å²) in [5.41, 5.74) is 0.978. The number of nitrogens with one attached hydrogen (secondary N) is 1. The van der Waals surface area contributed by atoms with Crippen LogP contribution in [0.25, 0.3) is 0 Å². The van der Waals surface area contributed by atoms with Crippen LogP contribution >= 0.6 is 11.3 Å². The van der Waals surface area contributed by atoms with Gasteiger partial charge >= 0.3 is 0 Å². The normalized spacial score (nSPS) is 11.8. The number of sulfonamides is 1. The molecule has 4 nitrogen and oxygen atoms in total. The Balaban J connectivity index is 1.97. The van der Waals surface area contributed by atoms with Crippen LogP contribution in [0, 0.1) is 19.7 Å². The number of aromatic nitrogens is 1. The van der Waals surface area contributed by atoms with Gasteiger partial charge in [-0.15, -0.1) is 11.3 Å². The van der Waals surface area contributed by atoms with Crippen molar-refractivity contribution in [1.82, 2.24) is 9.71 Å². The topological polar surface area (TPSA) is 59.1 Å². The van der Waals surface area contributed by atoms with Gasteiger partial charge in [-0.1, -0.05) is 0 Å². The zero-order valence-electron chi connectivity index (χ0n) is 11.2. The van der Waals surface area contributed by atoms with E-state index in [9.17, 15) is 12.8 Å². The first kappa shape index (κ1) is 15.1. The summed E-state index contributed by atoms with van der Waals surface area (Å²) in [6.45, 7) is 4.18. The molecule has 0 saturated heterocycles. The maximum atomic E-state index is 12.8. The van der Waals surface area contributed by atoms with Gasteiger partial charge in [-0.2, -0.15) is 0 Å². The first-order chi connectivity index (χ1) is 9.38. The molecule has 0 amide bonds. The van der Waals surface area contributed by atoms with Crippen molar-refractivity contribution < 1.29 is 12.8 Å². The predicted molar refractivity (Wildman–Crippen MR) is 76.9 cm³/mol. The summed E-state index contributed by atoms with van der Waals surface area (Å²) in [6, 6.07) is 4.74. The van der Waals surface area contributed by atoms with Crippen LogP contribution in [0.5, 0.6) is 0 Å². The SMILES string of the molecule is Cc1nc(CCNS(=O)(=O)c2ccc(F)cc2)sc1C. The van der Waals surface area contributed by atoms with Crippen molar-refractivity contribution in [3.63, 3.8) is 0 Å². The summed E-state index contributed by atoms with van der Waals surface area (Å²) in [5.74, 6) is -0.460. The van der Waals surface area contributed by atoms with Gasteiger partial charge in [0.25, 0.3) is 0 Å². The molecule has 0 bridgehead atoms. The van der Waals surface area contributed by atoms with E-state index >= 15 is 0 Å². The van der Waals surface area contributed by atoms with Gasteiger partial charge in [0.1, 0.15) is 5.82 Å². The molecule has 2 rings (SSSR count). The molecule has 0 spiro atoms. The highest BCUT2D eigenvalue weighted by atomic mass is 32.2. The van der Waals surface area contributed by atoms with E-state index in [2.05, 4.69) is 9.71 Å². The Morgan fingerprint density at radius 3 is 2.45 bits per heavy atom. The van der Waals surface area contributed by atoms with E-state index in [1.165, 1.54) is 12.1 Å². The van der Waals surface area contributed by atoms with E-state index in [1.54, 1.807) is 11.3 Å². The molecule has 7 heteroatoms. The third-order valence-electron chi connectivity index (χ3n) is 2.83. The zero-order valence-corrected chi connectivity index (χ0v) is 12.8. The van der Waals surface area contributed by atoms with Gasteiger partial charge < -0.3 is 0 Å². The highest BCUT2D eigenvalue weighted by Crippen LogP contribution is 2.16. The van der Waals surface area contributed by atoms with Crippen molar-refractivity contribution >= 4 is 21.4 Å². The van der Waals surface area contributed by atoms with Gasteiger partial charge in [0.05, 0.1) is 15.6 Å². The molecule has 0 atom stereocenters. The maximum Gasteiger partial charge on any atom is 0.240 e. The Labute approximate surface area is 121 Å². The fraction of sp³-hybridized carbons (Fsp3) is 0.308. The van der Waals surface area contributed by atoms with Gasteiger partial charge in [0.15, 0.2) is 0 Å². The monoisotopic (exact) mass is 314 g/mol. The molecule has 1 aromatic carbocycles. The van der Waals surface area contributed by atoms with Crippen molar-refractivity contribution in [2.75, 3.05) is 6.54 Å². The van der Waals surface area contributed by atoms with Crippen LogP contribution in [0.15, 0.2) is 29.2 Å². The highest BCUT2D eigenvalue weighted by Gasteiger charge is 2.13. The van der Waals surface area contributed by atoms with E-state index in [0.717, 1.165) is 27.7 Å². The van der Waals surface area contributed by atoms with E-state index in [-0.39, 0.29) is 11.4 Å². The standard InChI is InChI=1S/C13H15FN2O2S2/c1-9-10(2)19-13(16-9)7-8-15-20(17,18)12-5-3-11(14)4-6-12/h3-6,15H,7-8H2,1-2H3. The maximum absolute atomic E-state index is 12.8. The molecule has 0 aliphatic carbocycles. The van der Waals surface area contributed by atoms with Crippen LogP contribution in [0.1, 0.15) is 15.6 Å². The number of hydrogen-bond acceptors (Lipinski definition) is 4. The second-order valence-corrected chi connectivity index (χ2v) is 7.41. The van der Waals surface area contributed by atoms with Crippen molar-refractivity contribution in [2.24, 2.45) is 0 Å². The Morgan fingerprint density at radius 1 is 1.25 bits per heavy atom. The van der Waals surface area contributed by atoms with E-state index in [4.69, 9.17) is 0 Å². The Morgan fingerprint density at radius 2 is 1.90 bits per heavy atom. The van der Waals surface area contributed by atoms with Crippen LogP contribution in [0.3, 0.4) is 0 Å². The van der Waals surface area contributed by atoms with Crippen LogP contribution < -0.4 is 4.72 Å². The summed E-state index contributed by atoms with van der Waals surface area (Å²) < 4.78 is 39.2. The van der Waals surface area contributed by atoms with Crippen molar-refractivity contribution in [1.29, 1.82) is 0 Å². The van der Waals surface area contributed by atoms with E-state index in [0.29, 0.717) is 6.42 Å². The molecule has 0 fully saturated rings. The van der Waals surface area contributed by atoms with Gasteiger partial charge in [-0.25, -0.2) is 22.5 Å². The largest absolute Gasteiger partial charge is 0.246 e. The molecule has 0 radical (unpaired) electrons. The molecule has 1 N–H and O–H groups in total. The molecule has 20 heavy (non-hydrogen) atoms. The number of halogens is 1. The molecule has 1 heterocycles. The average Bonchev–Trinajstić information content (AvgIpc) is 2.69. The quantitative estimate of drug-likeness (QED) is 0.922. The molecule has 1 aromatic heterocycles. The molecular formula is C13H15FN2O2S2. The lowest BCUT2D eigenvalue weighted by molar-refractivity contribution is 0.580. The summed E-state index contributed by atoms with van der Waals surface area (Å²) in [6.07, 6.45) is 0.541. The summed E-state index contributed by atoms with van der Waals surface area (Å²) in [4.78, 5) is 5.55. The number of rotatable bonds is 5. The third-order valence-corrected chi connectivity index (χ3v) is 5.44. The first-order valence-electron chi connectivity index (χ1n) is 6.06. The molecule has 2 aromatic rings. The second kappa shape index (κ2) is 5.99. The third kappa shape index (κ3) is 3.62. The minimum atomic E-state index is -3.59. The van der Waals surface area contributed by atoms with Gasteiger partial charge in [-0.3, -0.25) is 0 Å². The lowest BCUT2D eigenvalue weighted by Crippen LogP contribution is -2.25. The van der Waals surface area contributed by atoms with Gasteiger partial charge in [0.2, 0.25) is 10.0 Å². The number of aryl methyl sites for hydroxylation is 2. The molecule has 0 aliphatic heterocycles. The minimum absolute atomic E-state index is 0.0606. The molecule has 0 saturated carbocycles. The molecule has 0 aliphatic rings. The molecule has 108 valence electrons. The number of nitrogens with zero attached hydrogens (tertiary/aromatic N) is 1. The average molecular weight is 314 g/mol. The van der Waals surface area contributed by atoms with Crippen molar-refractivity contribution in [3.8, 4) is 0 Å². The summed E-state index contributed by atoms with van der Waals surface area (Å²) >= 11 is 1.57. The van der Waals surface area contributed by atoms with Gasteiger partial charge in [0, 0.05) is 17.8 Å². The Hall–Kier alpha value is -1.31. The van der Waals surface area contributed by atoms with Crippen molar-refractivity contribution in [2.45, 2.75) is 25.2 Å². The molecule has 0 unspecified atom stereocenters. The fourth-order valence-corrected chi connectivity index (χ4v) is 3.60. The zero-order chi connectivity index (χ0) is 14.8. The van der Waals surface area contributed by atoms with Crippen molar-refractivity contribution in [3.05, 3.63) is 45.7 Å².